The molecule has 0 bridgehead atoms. The first-order valence-corrected chi connectivity index (χ1v) is 8.91. The topological polar surface area (TPSA) is 50.2 Å². The summed E-state index contributed by atoms with van der Waals surface area (Å²) in [5.41, 5.74) is 1.31. The van der Waals surface area contributed by atoms with Crippen LogP contribution in [0, 0.1) is 5.82 Å². The third-order valence-electron chi connectivity index (χ3n) is 5.21. The smallest absolute Gasteiger partial charge is 0.226 e. The van der Waals surface area contributed by atoms with E-state index in [1.807, 2.05) is 4.68 Å². The molecule has 7 heteroatoms. The zero-order chi connectivity index (χ0) is 17.6. The number of nitrogens with zero attached hydrogens (tertiary/aromatic N) is 3. The van der Waals surface area contributed by atoms with Crippen LogP contribution in [0.2, 0.25) is 5.02 Å². The molecule has 1 saturated heterocycles. The molecule has 2 aromatic rings. The summed E-state index contributed by atoms with van der Waals surface area (Å²) in [5.74, 6) is -0.119. The van der Waals surface area contributed by atoms with Crippen LogP contribution in [0.5, 0.6) is 0 Å². The highest BCUT2D eigenvalue weighted by molar-refractivity contribution is 6.30. The van der Waals surface area contributed by atoms with Gasteiger partial charge in [-0.25, -0.2) is 9.07 Å². The van der Waals surface area contributed by atoms with Crippen LogP contribution in [0.25, 0.3) is 0 Å². The van der Waals surface area contributed by atoms with E-state index in [0.29, 0.717) is 16.4 Å². The first-order valence-electron chi connectivity index (χ1n) is 8.53. The van der Waals surface area contributed by atoms with Crippen molar-refractivity contribution in [1.29, 1.82) is 0 Å². The Hall–Kier alpha value is -1.92. The van der Waals surface area contributed by atoms with Crippen LogP contribution in [-0.4, -0.2) is 40.7 Å². The van der Waals surface area contributed by atoms with E-state index in [1.54, 1.807) is 12.3 Å². The molecule has 0 spiro atoms. The van der Waals surface area contributed by atoms with Gasteiger partial charge in [-0.2, -0.15) is 5.10 Å². The zero-order valence-corrected chi connectivity index (χ0v) is 14.8. The Labute approximate surface area is 150 Å². The van der Waals surface area contributed by atoms with Gasteiger partial charge in [0.25, 0.3) is 0 Å². The third kappa shape index (κ3) is 3.04. The van der Waals surface area contributed by atoms with Crippen molar-refractivity contribution in [2.24, 2.45) is 0 Å². The van der Waals surface area contributed by atoms with Gasteiger partial charge in [0.2, 0.25) is 5.91 Å². The summed E-state index contributed by atoms with van der Waals surface area (Å²) in [6.07, 6.45) is 3.93. The zero-order valence-electron chi connectivity index (χ0n) is 14.0. The van der Waals surface area contributed by atoms with Gasteiger partial charge >= 0.3 is 0 Å². The van der Waals surface area contributed by atoms with Crippen molar-refractivity contribution in [3.63, 3.8) is 0 Å². The summed E-state index contributed by atoms with van der Waals surface area (Å²) >= 11 is 6.05. The summed E-state index contributed by atoms with van der Waals surface area (Å²) in [7, 11) is 2.11. The number of halogens is 2. The maximum Gasteiger partial charge on any atom is 0.226 e. The Kier molecular flexibility index (Phi) is 4.25. The molecule has 25 heavy (non-hydrogen) atoms. The van der Waals surface area contributed by atoms with Gasteiger partial charge < -0.3 is 10.2 Å². The lowest BCUT2D eigenvalue weighted by atomic mass is 9.87. The number of nitrogens with one attached hydrogen (secondary N) is 1. The minimum Gasteiger partial charge on any atom is -0.311 e. The predicted octanol–water partition coefficient (Wildman–Crippen LogP) is 3.42. The molecule has 5 nitrogen and oxygen atoms in total. The van der Waals surface area contributed by atoms with Crippen LogP contribution in [0.15, 0.2) is 24.4 Å². The maximum absolute atomic E-state index is 14.4. The van der Waals surface area contributed by atoms with Crippen molar-refractivity contribution >= 4 is 23.3 Å². The molecule has 1 aromatic heterocycles. The summed E-state index contributed by atoms with van der Waals surface area (Å²) in [4.78, 5) is 14.6. The number of hydrogen-bond donors (Lipinski definition) is 1. The van der Waals surface area contributed by atoms with Crippen LogP contribution >= 0.6 is 11.6 Å². The van der Waals surface area contributed by atoms with Crippen LogP contribution in [0.4, 0.5) is 10.2 Å². The van der Waals surface area contributed by atoms with Gasteiger partial charge in [-0.1, -0.05) is 11.6 Å². The molecule has 1 fully saturated rings. The quantitative estimate of drug-likeness (QED) is 0.890. The number of benzene rings is 1. The summed E-state index contributed by atoms with van der Waals surface area (Å²) in [6, 6.07) is 4.73. The van der Waals surface area contributed by atoms with E-state index >= 15 is 0 Å². The molecule has 0 radical (unpaired) electrons. The fourth-order valence-corrected chi connectivity index (χ4v) is 3.99. The van der Waals surface area contributed by atoms with E-state index in [4.69, 9.17) is 11.6 Å². The minimum atomic E-state index is -0.359. The molecule has 132 valence electrons. The lowest BCUT2D eigenvalue weighted by Crippen LogP contribution is -2.33. The Balaban J connectivity index is 1.73. The average Bonchev–Trinajstić information content (AvgIpc) is 3.01. The van der Waals surface area contributed by atoms with Gasteiger partial charge in [-0.15, -0.1) is 0 Å². The lowest BCUT2D eigenvalue weighted by Gasteiger charge is -2.31. The van der Waals surface area contributed by atoms with Crippen molar-refractivity contribution in [3.8, 4) is 0 Å². The molecule has 2 aliphatic rings. The number of amides is 1. The fraction of sp³-hybridized carbons (Fsp3) is 0.444. The first-order chi connectivity index (χ1) is 12.0. The highest BCUT2D eigenvalue weighted by Gasteiger charge is 2.33. The van der Waals surface area contributed by atoms with Crippen LogP contribution < -0.4 is 5.32 Å². The van der Waals surface area contributed by atoms with Gasteiger partial charge in [-0.3, -0.25) is 4.79 Å². The third-order valence-corrected chi connectivity index (χ3v) is 5.45. The Morgan fingerprint density at radius 1 is 1.28 bits per heavy atom. The standard InChI is InChI=1S/C18H20ClFN4O/c1-23-6-4-12(5-7-23)24-18-15(10-21-24)13(9-17(25)22-18)14-8-11(19)2-3-16(14)20/h2-3,8,10,12-13H,4-7,9H2,1H3,(H,22,25). The van der Waals surface area contributed by atoms with Crippen LogP contribution in [0.1, 0.15) is 42.3 Å². The molecule has 0 saturated carbocycles. The molecule has 3 heterocycles. The van der Waals surface area contributed by atoms with Crippen molar-refractivity contribution in [1.82, 2.24) is 14.7 Å². The minimum absolute atomic E-state index is 0.119. The predicted molar refractivity (Wildman–Crippen MR) is 94.5 cm³/mol. The molecular weight excluding hydrogens is 343 g/mol. The normalized spacial score (nSPS) is 21.9. The van der Waals surface area contributed by atoms with E-state index < -0.39 is 0 Å². The summed E-state index contributed by atoms with van der Waals surface area (Å²) < 4.78 is 16.3. The second kappa shape index (κ2) is 6.42. The SMILES string of the molecule is CN1CCC(n2ncc3c2NC(=O)CC3c2cc(Cl)ccc2F)CC1. The molecule has 1 atom stereocenters. The van der Waals surface area contributed by atoms with E-state index in [1.165, 1.54) is 12.1 Å². The van der Waals surface area contributed by atoms with Crippen molar-refractivity contribution in [2.75, 3.05) is 25.5 Å². The number of hydrogen-bond acceptors (Lipinski definition) is 3. The van der Waals surface area contributed by atoms with Crippen molar-refractivity contribution in [3.05, 3.63) is 46.4 Å². The number of aromatic nitrogens is 2. The summed E-state index contributed by atoms with van der Waals surface area (Å²) in [6.45, 7) is 2.00. The number of fused-ring (bicyclic) bond motifs is 1. The van der Waals surface area contributed by atoms with Gasteiger partial charge in [0, 0.05) is 22.9 Å². The van der Waals surface area contributed by atoms with Crippen LogP contribution in [0.3, 0.4) is 0 Å². The van der Waals surface area contributed by atoms with E-state index in [2.05, 4.69) is 22.4 Å². The molecule has 1 aromatic carbocycles. The largest absolute Gasteiger partial charge is 0.311 e. The highest BCUT2D eigenvalue weighted by atomic mass is 35.5. The van der Waals surface area contributed by atoms with E-state index in [0.717, 1.165) is 31.5 Å². The maximum atomic E-state index is 14.4. The first kappa shape index (κ1) is 16.5. The van der Waals surface area contributed by atoms with Crippen LogP contribution in [-0.2, 0) is 4.79 Å². The molecule has 1 N–H and O–H groups in total. The second-order valence-corrected chi connectivity index (χ2v) is 7.33. The number of piperidine rings is 1. The Morgan fingerprint density at radius 3 is 2.80 bits per heavy atom. The van der Waals surface area contributed by atoms with Gasteiger partial charge in [-0.05, 0) is 56.7 Å². The molecule has 4 rings (SSSR count). The molecule has 0 aliphatic carbocycles. The number of carbonyl (C=O) groups excluding carboxylic acids is 1. The molecule has 1 unspecified atom stereocenters. The van der Waals surface area contributed by atoms with E-state index in [-0.39, 0.29) is 30.1 Å². The summed E-state index contributed by atoms with van der Waals surface area (Å²) in [5, 5.41) is 7.94. The second-order valence-electron chi connectivity index (χ2n) is 6.90. The number of anilines is 1. The Morgan fingerprint density at radius 2 is 2.04 bits per heavy atom. The van der Waals surface area contributed by atoms with Gasteiger partial charge in [0.15, 0.2) is 0 Å². The highest BCUT2D eigenvalue weighted by Crippen LogP contribution is 2.40. The fourth-order valence-electron chi connectivity index (χ4n) is 3.81. The van der Waals surface area contributed by atoms with Crippen molar-refractivity contribution < 1.29 is 9.18 Å². The number of rotatable bonds is 2. The van der Waals surface area contributed by atoms with Gasteiger partial charge in [0.05, 0.1) is 12.2 Å². The van der Waals surface area contributed by atoms with Gasteiger partial charge in [0.1, 0.15) is 11.6 Å². The number of carbonyl (C=O) groups is 1. The van der Waals surface area contributed by atoms with E-state index in [9.17, 15) is 9.18 Å². The molecule has 1 amide bonds. The molecule has 2 aliphatic heterocycles. The monoisotopic (exact) mass is 362 g/mol. The molecular formula is C18H20ClFN4O. The van der Waals surface area contributed by atoms with Crippen molar-refractivity contribution in [2.45, 2.75) is 31.2 Å². The average molecular weight is 363 g/mol. The number of likely N-dealkylation sites (tertiary alicyclic amines) is 1. The Bertz CT molecular complexity index is 813. The lowest BCUT2D eigenvalue weighted by molar-refractivity contribution is -0.116.